The third-order valence-corrected chi connectivity index (χ3v) is 13.5. The number of phenolic OH excluding ortho intramolecular Hbond substituents is 1. The van der Waals surface area contributed by atoms with Crippen molar-refractivity contribution in [2.24, 2.45) is 11.3 Å². The number of hydrogen-bond donors (Lipinski definition) is 5. The number of imidazole rings is 1. The van der Waals surface area contributed by atoms with Crippen LogP contribution in [0, 0.1) is 16.2 Å². The number of ether oxygens (including phenoxy) is 1. The number of methoxy groups -OCH3 is 1. The number of aromatic nitrogens is 4. The highest BCUT2D eigenvalue weighted by molar-refractivity contribution is 6.00. The van der Waals surface area contributed by atoms with Gasteiger partial charge in [-0.1, -0.05) is 45.9 Å². The Kier molecular flexibility index (Phi) is 14.3. The van der Waals surface area contributed by atoms with Crippen LogP contribution in [0.5, 0.6) is 5.75 Å². The number of hydrazine groups is 1. The van der Waals surface area contributed by atoms with E-state index in [9.17, 15) is 29.2 Å². The van der Waals surface area contributed by atoms with Gasteiger partial charge in [-0.3, -0.25) is 29.2 Å². The van der Waals surface area contributed by atoms with Crippen molar-refractivity contribution < 1.29 is 38.8 Å². The average molecular weight is 959 g/mol. The molecule has 1 saturated heterocycles. The van der Waals surface area contributed by atoms with Crippen LogP contribution in [0.1, 0.15) is 86.9 Å². The lowest BCUT2D eigenvalue weighted by atomic mass is 9.67. The van der Waals surface area contributed by atoms with Crippen molar-refractivity contribution in [3.05, 3.63) is 101 Å². The third-order valence-electron chi connectivity index (χ3n) is 13.5. The molecule has 2 unspecified atom stereocenters. The summed E-state index contributed by atoms with van der Waals surface area (Å²) in [5, 5.41) is 19.3. The molecule has 70 heavy (non-hydrogen) atoms. The number of nitrogens with one attached hydrogen (secondary N) is 4. The molecule has 19 nitrogen and oxygen atoms in total. The lowest BCUT2D eigenvalue weighted by Crippen LogP contribution is -2.62. The SMILES string of the molecule is CCn1c2c3c4cc(ccc41)-c1cc(O)cc(c1)CC(NC(=O)[C@H](C(C)C)N(C)C(=O)c1ncc(NC(=O)/C=C/CN(C)C)[nH]1)C(=O)N1CCC[C@H](N1)[N+](=O)OCC(C)(C)C3[C@H](OC)c1ncccc1-2. The van der Waals surface area contributed by atoms with E-state index in [-0.39, 0.29) is 42.9 Å². The van der Waals surface area contributed by atoms with Crippen LogP contribution < -0.4 is 16.1 Å². The number of carbonyl (C=O) groups is 4. The maximum Gasteiger partial charge on any atom is 0.326 e. The molecule has 19 heteroatoms. The van der Waals surface area contributed by atoms with Gasteiger partial charge in [-0.25, -0.2) is 9.82 Å². The molecule has 3 aliphatic rings. The normalized spacial score (nSPS) is 20.5. The first-order valence-corrected chi connectivity index (χ1v) is 23.8. The minimum absolute atomic E-state index is 0.00692. The Morgan fingerprint density at radius 1 is 1.10 bits per heavy atom. The van der Waals surface area contributed by atoms with Crippen molar-refractivity contribution in [1.29, 1.82) is 0 Å². The van der Waals surface area contributed by atoms with Crippen LogP contribution in [0.25, 0.3) is 33.3 Å². The number of likely N-dealkylation sites (N-methyl/N-ethyl adjacent to an activating group) is 2. The molecule has 370 valence electrons. The van der Waals surface area contributed by atoms with E-state index in [2.05, 4.69) is 69.6 Å². The van der Waals surface area contributed by atoms with E-state index in [0.29, 0.717) is 42.0 Å². The topological polar surface area (TPSA) is 219 Å². The monoisotopic (exact) mass is 958 g/mol. The molecule has 5 heterocycles. The van der Waals surface area contributed by atoms with Crippen LogP contribution in [0.3, 0.4) is 0 Å². The van der Waals surface area contributed by atoms with Crippen LogP contribution in [0.4, 0.5) is 5.82 Å². The van der Waals surface area contributed by atoms with Crippen molar-refractivity contribution in [3.8, 4) is 28.1 Å². The summed E-state index contributed by atoms with van der Waals surface area (Å²) in [7, 11) is 6.91. The van der Waals surface area contributed by atoms with Gasteiger partial charge in [0.25, 0.3) is 11.8 Å². The number of aromatic amines is 1. The first-order valence-electron chi connectivity index (χ1n) is 23.8. The Bertz CT molecular complexity index is 2850. The van der Waals surface area contributed by atoms with E-state index in [1.54, 1.807) is 45.4 Å². The molecular formula is C51H64N11O8+. The number of anilines is 1. The van der Waals surface area contributed by atoms with Gasteiger partial charge in [0.2, 0.25) is 16.7 Å². The molecule has 2 aromatic carbocycles. The van der Waals surface area contributed by atoms with Gasteiger partial charge in [0.1, 0.15) is 29.8 Å². The van der Waals surface area contributed by atoms with Gasteiger partial charge in [-0.15, -0.1) is 0 Å². The van der Waals surface area contributed by atoms with Crippen molar-refractivity contribution in [2.75, 3.05) is 53.3 Å². The zero-order valence-corrected chi connectivity index (χ0v) is 41.3. The van der Waals surface area contributed by atoms with Gasteiger partial charge < -0.3 is 39.8 Å². The fourth-order valence-corrected chi connectivity index (χ4v) is 10.3. The summed E-state index contributed by atoms with van der Waals surface area (Å²) in [4.78, 5) is 91.5. The smallest absolute Gasteiger partial charge is 0.326 e. The second kappa shape index (κ2) is 20.2. The number of amides is 4. The van der Waals surface area contributed by atoms with Crippen LogP contribution in [-0.4, -0.2) is 134 Å². The van der Waals surface area contributed by atoms with Crippen molar-refractivity contribution in [2.45, 2.75) is 90.7 Å². The van der Waals surface area contributed by atoms with Crippen molar-refractivity contribution >= 4 is 40.3 Å². The predicted molar refractivity (Wildman–Crippen MR) is 263 cm³/mol. The molecule has 1 fully saturated rings. The lowest BCUT2D eigenvalue weighted by Gasteiger charge is -2.41. The van der Waals surface area contributed by atoms with Gasteiger partial charge in [0.05, 0.1) is 22.5 Å². The minimum Gasteiger partial charge on any atom is -0.508 e. The van der Waals surface area contributed by atoms with Crippen LogP contribution in [0.15, 0.2) is 73.1 Å². The number of hydrogen-bond acceptors (Lipinski definition) is 12. The van der Waals surface area contributed by atoms with Gasteiger partial charge in [-0.05, 0) is 92.0 Å². The number of pyridine rings is 1. The minimum atomic E-state index is -1.23. The largest absolute Gasteiger partial charge is 0.508 e. The molecule has 0 spiro atoms. The highest BCUT2D eigenvalue weighted by Crippen LogP contribution is 2.57. The second-order valence-electron chi connectivity index (χ2n) is 19.7. The number of benzene rings is 2. The highest BCUT2D eigenvalue weighted by atomic mass is 16.8. The molecule has 5 N–H and O–H groups in total. The fourth-order valence-electron chi connectivity index (χ4n) is 10.3. The summed E-state index contributed by atoms with van der Waals surface area (Å²) >= 11 is 0. The number of H-pyrrole nitrogens is 1. The van der Waals surface area contributed by atoms with E-state index in [0.717, 1.165) is 39.0 Å². The molecule has 0 saturated carbocycles. The van der Waals surface area contributed by atoms with Gasteiger partial charge in [-0.2, -0.15) is 5.43 Å². The Balaban J connectivity index is 1.16. The predicted octanol–water partition coefficient (Wildman–Crippen LogP) is 5.69. The summed E-state index contributed by atoms with van der Waals surface area (Å²) in [5.41, 5.74) is 9.22. The molecule has 6 bridgehead atoms. The molecule has 3 aromatic heterocycles. The Hall–Kier alpha value is -6.96. The Morgan fingerprint density at radius 2 is 1.89 bits per heavy atom. The van der Waals surface area contributed by atoms with Crippen molar-refractivity contribution in [3.63, 3.8) is 0 Å². The van der Waals surface area contributed by atoms with E-state index in [1.807, 2.05) is 37.2 Å². The first kappa shape index (κ1) is 49.5. The summed E-state index contributed by atoms with van der Waals surface area (Å²) in [6, 6.07) is 13.0. The molecule has 5 atom stereocenters. The van der Waals surface area contributed by atoms with E-state index >= 15 is 0 Å². The number of fused-ring (bicyclic) bond motifs is 8. The van der Waals surface area contributed by atoms with E-state index < -0.39 is 59.3 Å². The van der Waals surface area contributed by atoms with Gasteiger partial charge in [0, 0.05) is 86.7 Å². The molecule has 4 amide bonds. The van der Waals surface area contributed by atoms with E-state index in [4.69, 9.17) is 14.6 Å². The zero-order valence-electron chi connectivity index (χ0n) is 41.3. The molecule has 8 rings (SSSR count). The van der Waals surface area contributed by atoms with Crippen molar-refractivity contribution in [1.82, 2.24) is 45.1 Å². The molecule has 2 aliphatic heterocycles. The number of carbonyl (C=O) groups excluding carboxylic acids is 4. The van der Waals surface area contributed by atoms with Gasteiger partial charge in [0.15, 0.2) is 12.4 Å². The fraction of sp³-hybridized carbons (Fsp3) is 0.451. The zero-order chi connectivity index (χ0) is 50.2. The number of rotatable bonds is 11. The Labute approximate surface area is 407 Å². The maximum atomic E-state index is 14.8. The molecule has 0 radical (unpaired) electrons. The molecule has 5 aromatic rings. The second-order valence-corrected chi connectivity index (χ2v) is 19.7. The molecular weight excluding hydrogens is 895 g/mol. The summed E-state index contributed by atoms with van der Waals surface area (Å²) in [5.74, 6) is -2.90. The number of aromatic hydroxyl groups is 1. The van der Waals surface area contributed by atoms with E-state index in [1.165, 1.54) is 29.2 Å². The van der Waals surface area contributed by atoms with Crippen LogP contribution in [0.2, 0.25) is 0 Å². The summed E-state index contributed by atoms with van der Waals surface area (Å²) < 4.78 is 8.63. The number of phenols is 1. The average Bonchev–Trinajstić information content (AvgIpc) is 3.93. The van der Waals surface area contributed by atoms with Crippen LogP contribution >= 0.6 is 0 Å². The lowest BCUT2D eigenvalue weighted by molar-refractivity contribution is -0.835. The third kappa shape index (κ3) is 9.77. The number of nitrogens with zero attached hydrogens (tertiary/aromatic N) is 7. The van der Waals surface area contributed by atoms with Gasteiger partial charge >= 0.3 is 6.17 Å². The Morgan fingerprint density at radius 3 is 2.61 bits per heavy atom. The van der Waals surface area contributed by atoms with Crippen LogP contribution in [-0.2, 0) is 36.9 Å². The quantitative estimate of drug-likeness (QED) is 0.101. The summed E-state index contributed by atoms with van der Waals surface area (Å²) in [6.45, 7) is 11.2. The summed E-state index contributed by atoms with van der Waals surface area (Å²) in [6.07, 6.45) is 5.49. The standard InChI is InChI=1S/C51H63N11O8/c1-10-60-37-18-17-31-26-35(37)41-42(46(69-9)43-34(45(41)60)14-11-19-52-43)51(4,5)28-70-62(68)39-15-12-21-61(57-39)49(66)36(24-30-22-32(31)25-33(63)23-30)54-48(65)44(29(2)3)59(8)50(67)47-53-27-38(56-47)55-40(64)16-13-20-58(6)7/h11,13-14,16-19,22-23,25-27,29,36,39,42,44,46,57H,10,12,15,20-21,24,28H2,1-9H3,(H3-,53,54,55,56,63,64,65,67)/p+1/b16-13+/t36?,39-,42?,44+,46+/m1/s1. The number of aryl methyl sites for hydroxylation is 1. The first-order chi connectivity index (χ1) is 33.4. The molecule has 1 aliphatic carbocycles. The maximum absolute atomic E-state index is 14.8. The highest BCUT2D eigenvalue weighted by Gasteiger charge is 2.49.